The molecule has 0 spiro atoms. The summed E-state index contributed by atoms with van der Waals surface area (Å²) in [4.78, 5) is 4.74. The third-order valence-electron chi connectivity index (χ3n) is 5.14. The maximum atomic E-state index is 6.22. The van der Waals surface area contributed by atoms with Gasteiger partial charge in [0.2, 0.25) is 0 Å². The number of guanidine groups is 1. The van der Waals surface area contributed by atoms with Crippen LogP contribution in [0.1, 0.15) is 37.0 Å². The topological polar surface area (TPSA) is 73.3 Å². The van der Waals surface area contributed by atoms with E-state index in [1.807, 2.05) is 25.1 Å². The van der Waals surface area contributed by atoms with Crippen LogP contribution in [0.5, 0.6) is 17.2 Å². The maximum Gasteiger partial charge on any atom is 0.191 e. The van der Waals surface area contributed by atoms with Crippen LogP contribution in [-0.4, -0.2) is 45.5 Å². The van der Waals surface area contributed by atoms with Crippen molar-refractivity contribution in [1.29, 1.82) is 0 Å². The first-order valence-electron chi connectivity index (χ1n) is 11.3. The zero-order valence-corrected chi connectivity index (χ0v) is 19.6. The van der Waals surface area contributed by atoms with E-state index < -0.39 is 0 Å². The number of ether oxygens (including phenoxy) is 4. The summed E-state index contributed by atoms with van der Waals surface area (Å²) in [5, 5.41) is 6.74. The molecule has 1 atom stereocenters. The normalized spacial score (nSPS) is 16.0. The van der Waals surface area contributed by atoms with Gasteiger partial charge in [0.25, 0.3) is 0 Å². The minimum absolute atomic E-state index is 0.118. The molecule has 0 amide bonds. The van der Waals surface area contributed by atoms with Crippen molar-refractivity contribution >= 4 is 5.96 Å². The van der Waals surface area contributed by atoms with Gasteiger partial charge in [-0.2, -0.15) is 0 Å². The average Bonchev–Trinajstić information content (AvgIpc) is 3.30. The summed E-state index contributed by atoms with van der Waals surface area (Å²) < 4.78 is 22.7. The zero-order chi connectivity index (χ0) is 22.8. The lowest BCUT2D eigenvalue weighted by atomic mass is 10.1. The van der Waals surface area contributed by atoms with Gasteiger partial charge >= 0.3 is 0 Å². The van der Waals surface area contributed by atoms with E-state index in [0.29, 0.717) is 26.3 Å². The fourth-order valence-electron chi connectivity index (χ4n) is 3.48. The molecule has 7 nitrogen and oxygen atoms in total. The van der Waals surface area contributed by atoms with Crippen LogP contribution in [0, 0.1) is 6.92 Å². The molecule has 2 aromatic carbocycles. The van der Waals surface area contributed by atoms with Gasteiger partial charge in [-0.3, -0.25) is 0 Å². The first kappa shape index (κ1) is 23.7. The van der Waals surface area contributed by atoms with Gasteiger partial charge in [-0.1, -0.05) is 18.2 Å². The molecule has 0 radical (unpaired) electrons. The number of rotatable bonds is 10. The van der Waals surface area contributed by atoms with Crippen molar-refractivity contribution in [2.75, 3.05) is 33.5 Å². The molecule has 2 aromatic rings. The number of nitrogens with one attached hydrogen (secondary N) is 2. The summed E-state index contributed by atoms with van der Waals surface area (Å²) in [5.41, 5.74) is 3.32. The molecule has 0 bridgehead atoms. The number of nitrogens with zero attached hydrogens (tertiary/aromatic N) is 1. The van der Waals surface area contributed by atoms with Crippen LogP contribution in [0.3, 0.4) is 0 Å². The van der Waals surface area contributed by atoms with E-state index in [-0.39, 0.29) is 6.10 Å². The fourth-order valence-corrected chi connectivity index (χ4v) is 3.48. The van der Waals surface area contributed by atoms with Crippen molar-refractivity contribution < 1.29 is 18.9 Å². The van der Waals surface area contributed by atoms with Crippen LogP contribution in [-0.2, 0) is 17.8 Å². The number of hydrogen-bond acceptors (Lipinski definition) is 5. The van der Waals surface area contributed by atoms with Gasteiger partial charge in [0.05, 0.1) is 33.5 Å². The van der Waals surface area contributed by atoms with Gasteiger partial charge in [0.15, 0.2) is 17.5 Å². The van der Waals surface area contributed by atoms with Gasteiger partial charge < -0.3 is 29.6 Å². The van der Waals surface area contributed by atoms with E-state index >= 15 is 0 Å². The van der Waals surface area contributed by atoms with Crippen LogP contribution >= 0.6 is 0 Å². The number of benzene rings is 2. The summed E-state index contributed by atoms with van der Waals surface area (Å²) >= 11 is 0. The summed E-state index contributed by atoms with van der Waals surface area (Å²) in [6.45, 7) is 9.99. The smallest absolute Gasteiger partial charge is 0.191 e. The largest absolute Gasteiger partial charge is 0.493 e. The average molecular weight is 442 g/mol. The van der Waals surface area contributed by atoms with Crippen LogP contribution < -0.4 is 24.8 Å². The second kappa shape index (κ2) is 12.2. The number of aliphatic imine (C=N–C) groups is 1. The van der Waals surface area contributed by atoms with Crippen molar-refractivity contribution in [3.05, 3.63) is 53.1 Å². The predicted molar refractivity (Wildman–Crippen MR) is 127 cm³/mol. The Balaban J connectivity index is 1.68. The lowest BCUT2D eigenvalue weighted by Gasteiger charge is -2.18. The number of methoxy groups -OCH3 is 1. The van der Waals surface area contributed by atoms with Crippen molar-refractivity contribution in [2.45, 2.75) is 46.4 Å². The van der Waals surface area contributed by atoms with E-state index in [2.05, 4.69) is 42.7 Å². The Kier molecular flexibility index (Phi) is 9.04. The molecule has 1 aliphatic heterocycles. The summed E-state index contributed by atoms with van der Waals surface area (Å²) in [7, 11) is 1.64. The maximum absolute atomic E-state index is 6.22. The molecule has 2 N–H and O–H groups in total. The number of hydrogen-bond donors (Lipinski definition) is 2. The molecule has 1 aliphatic rings. The highest BCUT2D eigenvalue weighted by atomic mass is 16.5. The van der Waals surface area contributed by atoms with Gasteiger partial charge in [-0.15, -0.1) is 0 Å². The summed E-state index contributed by atoms with van der Waals surface area (Å²) in [6.07, 6.45) is 1.04. The minimum atomic E-state index is 0.118. The molecule has 3 rings (SSSR count). The second-order valence-electron chi connectivity index (χ2n) is 7.68. The van der Waals surface area contributed by atoms with E-state index in [1.165, 1.54) is 5.56 Å². The van der Waals surface area contributed by atoms with Crippen molar-refractivity contribution in [1.82, 2.24) is 10.6 Å². The highest BCUT2D eigenvalue weighted by Crippen LogP contribution is 2.28. The molecular weight excluding hydrogens is 406 g/mol. The Hall–Kier alpha value is -2.93. The van der Waals surface area contributed by atoms with Crippen LogP contribution in [0.4, 0.5) is 0 Å². The Morgan fingerprint density at radius 1 is 1.09 bits per heavy atom. The van der Waals surface area contributed by atoms with Crippen molar-refractivity contribution in [3.8, 4) is 17.2 Å². The summed E-state index contributed by atoms with van der Waals surface area (Å²) in [5.74, 6) is 3.11. The predicted octanol–water partition coefficient (Wildman–Crippen LogP) is 3.83. The molecule has 174 valence electrons. The van der Waals surface area contributed by atoms with Crippen LogP contribution in [0.25, 0.3) is 0 Å². The van der Waals surface area contributed by atoms with Crippen molar-refractivity contribution in [3.63, 3.8) is 0 Å². The highest BCUT2D eigenvalue weighted by molar-refractivity contribution is 5.79. The molecule has 0 aliphatic carbocycles. The quantitative estimate of drug-likeness (QED) is 0.431. The Labute approximate surface area is 191 Å². The van der Waals surface area contributed by atoms with Crippen LogP contribution in [0.15, 0.2) is 41.4 Å². The molecule has 7 heteroatoms. The van der Waals surface area contributed by atoms with E-state index in [9.17, 15) is 0 Å². The van der Waals surface area contributed by atoms with Gasteiger partial charge in [-0.05, 0) is 50.1 Å². The molecule has 0 saturated carbocycles. The minimum Gasteiger partial charge on any atom is -0.493 e. The molecule has 32 heavy (non-hydrogen) atoms. The monoisotopic (exact) mass is 441 g/mol. The molecule has 1 heterocycles. The second-order valence-corrected chi connectivity index (χ2v) is 7.68. The lowest BCUT2D eigenvalue weighted by Crippen LogP contribution is -2.37. The zero-order valence-electron chi connectivity index (χ0n) is 19.6. The third-order valence-corrected chi connectivity index (χ3v) is 5.14. The Morgan fingerprint density at radius 2 is 1.97 bits per heavy atom. The molecule has 1 saturated heterocycles. The standard InChI is InChI=1S/C25H35N3O4/c1-5-26-25(27-15-19-8-10-22(29-4)24(14-19)31-6-2)28-16-20-9-7-18(3)13-23(20)32-21-11-12-30-17-21/h7-10,13-14,21H,5-6,11-12,15-17H2,1-4H3,(H2,26,27,28). The SMILES string of the molecule is CCNC(=NCc1ccc(OC)c(OCC)c1)NCc1ccc(C)cc1OC1CCOC1. The van der Waals surface area contributed by atoms with Gasteiger partial charge in [-0.25, -0.2) is 4.99 Å². The van der Waals surface area contributed by atoms with Gasteiger partial charge in [0.1, 0.15) is 11.9 Å². The van der Waals surface area contributed by atoms with Crippen LogP contribution in [0.2, 0.25) is 0 Å². The first-order valence-corrected chi connectivity index (χ1v) is 11.3. The van der Waals surface area contributed by atoms with E-state index in [0.717, 1.165) is 53.9 Å². The number of aryl methyl sites for hydroxylation is 1. The van der Waals surface area contributed by atoms with E-state index in [4.69, 9.17) is 23.9 Å². The fraction of sp³-hybridized carbons (Fsp3) is 0.480. The highest BCUT2D eigenvalue weighted by Gasteiger charge is 2.18. The first-order chi connectivity index (χ1) is 15.6. The molecule has 1 fully saturated rings. The van der Waals surface area contributed by atoms with Gasteiger partial charge in [0, 0.05) is 25.1 Å². The van der Waals surface area contributed by atoms with E-state index in [1.54, 1.807) is 7.11 Å². The Morgan fingerprint density at radius 3 is 2.69 bits per heavy atom. The third kappa shape index (κ3) is 6.79. The summed E-state index contributed by atoms with van der Waals surface area (Å²) in [6, 6.07) is 12.2. The lowest BCUT2D eigenvalue weighted by molar-refractivity contribution is 0.140. The molecular formula is C25H35N3O4. The van der Waals surface area contributed by atoms with Crippen molar-refractivity contribution in [2.24, 2.45) is 4.99 Å². The Bertz CT molecular complexity index is 895. The molecule has 1 unspecified atom stereocenters. The molecule has 0 aromatic heterocycles.